The summed E-state index contributed by atoms with van der Waals surface area (Å²) in [7, 11) is 0. The van der Waals surface area contributed by atoms with Crippen molar-refractivity contribution in [2.45, 2.75) is 38.6 Å². The molecule has 0 spiro atoms. The number of nitrogens with zero attached hydrogens (tertiary/aromatic N) is 1. The standard InChI is InChI=1S/C15H23NO3/c1-4-7-12(8-5-2)14(17)16-10-6-9-13(11(16)3)15(18)19/h4-5,11-13H,1-2,6-10H2,3H3,(H,18,19)/t11-,13-/m1/s1. The van der Waals surface area contributed by atoms with Gasteiger partial charge in [-0.15, -0.1) is 13.2 Å². The van der Waals surface area contributed by atoms with Crippen LogP contribution in [0.25, 0.3) is 0 Å². The van der Waals surface area contributed by atoms with E-state index in [1.807, 2.05) is 6.92 Å². The van der Waals surface area contributed by atoms with E-state index in [1.54, 1.807) is 17.1 Å². The van der Waals surface area contributed by atoms with Gasteiger partial charge in [0.25, 0.3) is 0 Å². The van der Waals surface area contributed by atoms with Crippen LogP contribution in [0.1, 0.15) is 32.6 Å². The minimum Gasteiger partial charge on any atom is -0.481 e. The summed E-state index contributed by atoms with van der Waals surface area (Å²) >= 11 is 0. The molecule has 4 nitrogen and oxygen atoms in total. The second-order valence-electron chi connectivity index (χ2n) is 5.10. The number of allylic oxidation sites excluding steroid dienone is 2. The van der Waals surface area contributed by atoms with Gasteiger partial charge < -0.3 is 10.0 Å². The summed E-state index contributed by atoms with van der Waals surface area (Å²) < 4.78 is 0. The number of hydrogen-bond acceptors (Lipinski definition) is 2. The normalized spacial score (nSPS) is 23.2. The average molecular weight is 265 g/mol. The monoisotopic (exact) mass is 265 g/mol. The molecule has 0 aliphatic carbocycles. The number of likely N-dealkylation sites (tertiary alicyclic amines) is 1. The number of carbonyl (C=O) groups excluding carboxylic acids is 1. The maximum Gasteiger partial charge on any atom is 0.308 e. The minimum absolute atomic E-state index is 0.0262. The van der Waals surface area contributed by atoms with E-state index in [4.69, 9.17) is 0 Å². The van der Waals surface area contributed by atoms with Gasteiger partial charge in [-0.05, 0) is 32.6 Å². The molecule has 0 aromatic rings. The Morgan fingerprint density at radius 2 is 1.95 bits per heavy atom. The predicted molar refractivity (Wildman–Crippen MR) is 74.7 cm³/mol. The number of piperidine rings is 1. The molecule has 1 rings (SSSR count). The number of carboxylic acid groups (broad SMARTS) is 1. The highest BCUT2D eigenvalue weighted by atomic mass is 16.4. The second kappa shape index (κ2) is 7.12. The summed E-state index contributed by atoms with van der Waals surface area (Å²) in [6, 6.07) is -0.240. The van der Waals surface area contributed by atoms with Crippen molar-refractivity contribution in [1.82, 2.24) is 4.90 Å². The summed E-state index contributed by atoms with van der Waals surface area (Å²) in [6.07, 6.45) is 6.07. The van der Waals surface area contributed by atoms with Crippen LogP contribution in [0.5, 0.6) is 0 Å². The topological polar surface area (TPSA) is 57.6 Å². The van der Waals surface area contributed by atoms with E-state index in [1.165, 1.54) is 0 Å². The van der Waals surface area contributed by atoms with Crippen LogP contribution in [-0.2, 0) is 9.59 Å². The molecular weight excluding hydrogens is 242 g/mol. The van der Waals surface area contributed by atoms with Crippen molar-refractivity contribution in [3.8, 4) is 0 Å². The number of carboxylic acids is 1. The zero-order valence-corrected chi connectivity index (χ0v) is 11.5. The Balaban J connectivity index is 2.80. The molecule has 1 N–H and O–H groups in total. The van der Waals surface area contributed by atoms with Gasteiger partial charge in [-0.1, -0.05) is 12.2 Å². The Bertz CT molecular complexity index is 354. The average Bonchev–Trinajstić information content (AvgIpc) is 2.37. The van der Waals surface area contributed by atoms with Crippen molar-refractivity contribution in [3.63, 3.8) is 0 Å². The highest BCUT2D eigenvalue weighted by Gasteiger charge is 2.36. The Morgan fingerprint density at radius 1 is 1.37 bits per heavy atom. The molecule has 0 aromatic carbocycles. The van der Waals surface area contributed by atoms with E-state index in [0.29, 0.717) is 25.8 Å². The first-order valence-corrected chi connectivity index (χ1v) is 6.78. The van der Waals surface area contributed by atoms with Crippen LogP contribution in [0.15, 0.2) is 25.3 Å². The van der Waals surface area contributed by atoms with Crippen molar-refractivity contribution in [3.05, 3.63) is 25.3 Å². The molecule has 1 fully saturated rings. The molecule has 0 radical (unpaired) electrons. The summed E-state index contributed by atoms with van der Waals surface area (Å²) in [5, 5.41) is 9.18. The van der Waals surface area contributed by atoms with Crippen molar-refractivity contribution >= 4 is 11.9 Å². The van der Waals surface area contributed by atoms with Gasteiger partial charge in [-0.25, -0.2) is 0 Å². The molecule has 4 heteroatoms. The zero-order valence-electron chi connectivity index (χ0n) is 11.5. The molecule has 1 saturated heterocycles. The van der Waals surface area contributed by atoms with Gasteiger partial charge in [-0.3, -0.25) is 9.59 Å². The van der Waals surface area contributed by atoms with Crippen LogP contribution in [0, 0.1) is 11.8 Å². The van der Waals surface area contributed by atoms with Crippen LogP contribution in [0.2, 0.25) is 0 Å². The summed E-state index contributed by atoms with van der Waals surface area (Å²) in [4.78, 5) is 25.4. The van der Waals surface area contributed by atoms with Crippen LogP contribution in [0.3, 0.4) is 0 Å². The largest absolute Gasteiger partial charge is 0.481 e. The second-order valence-corrected chi connectivity index (χ2v) is 5.10. The Kier molecular flexibility index (Phi) is 5.80. The van der Waals surface area contributed by atoms with Gasteiger partial charge >= 0.3 is 5.97 Å². The van der Waals surface area contributed by atoms with Gasteiger partial charge in [0.15, 0.2) is 0 Å². The van der Waals surface area contributed by atoms with Gasteiger partial charge in [0, 0.05) is 18.5 Å². The van der Waals surface area contributed by atoms with Crippen LogP contribution >= 0.6 is 0 Å². The number of carbonyl (C=O) groups is 2. The van der Waals surface area contributed by atoms with Gasteiger partial charge in [-0.2, -0.15) is 0 Å². The number of hydrogen-bond donors (Lipinski definition) is 1. The summed E-state index contributed by atoms with van der Waals surface area (Å²) in [5.74, 6) is -1.40. The van der Waals surface area contributed by atoms with E-state index < -0.39 is 11.9 Å². The van der Waals surface area contributed by atoms with E-state index in [9.17, 15) is 14.7 Å². The molecular formula is C15H23NO3. The fourth-order valence-corrected chi connectivity index (χ4v) is 2.72. The van der Waals surface area contributed by atoms with Gasteiger partial charge in [0.05, 0.1) is 5.92 Å². The van der Waals surface area contributed by atoms with Crippen molar-refractivity contribution < 1.29 is 14.7 Å². The number of aliphatic carboxylic acids is 1. The third kappa shape index (κ3) is 3.69. The molecule has 1 heterocycles. The quantitative estimate of drug-likeness (QED) is 0.751. The SMILES string of the molecule is C=CCC(CC=C)C(=O)N1CCC[C@@H](C(=O)O)[C@H]1C. The lowest BCUT2D eigenvalue weighted by Crippen LogP contribution is -2.51. The molecule has 19 heavy (non-hydrogen) atoms. The predicted octanol–water partition coefficient (Wildman–Crippen LogP) is 2.47. The number of amides is 1. The molecule has 1 aliphatic rings. The van der Waals surface area contributed by atoms with Crippen LogP contribution < -0.4 is 0 Å². The van der Waals surface area contributed by atoms with Crippen molar-refractivity contribution in [1.29, 1.82) is 0 Å². The zero-order chi connectivity index (χ0) is 14.4. The Morgan fingerprint density at radius 3 is 2.42 bits per heavy atom. The van der Waals surface area contributed by atoms with E-state index >= 15 is 0 Å². The Labute approximate surface area is 114 Å². The fourth-order valence-electron chi connectivity index (χ4n) is 2.72. The van der Waals surface area contributed by atoms with Crippen LogP contribution in [-0.4, -0.2) is 34.5 Å². The minimum atomic E-state index is -0.811. The smallest absolute Gasteiger partial charge is 0.308 e. The van der Waals surface area contributed by atoms with E-state index in [2.05, 4.69) is 13.2 Å². The highest BCUT2D eigenvalue weighted by Crippen LogP contribution is 2.26. The molecule has 0 bridgehead atoms. The lowest BCUT2D eigenvalue weighted by Gasteiger charge is -2.39. The van der Waals surface area contributed by atoms with Crippen molar-refractivity contribution in [2.75, 3.05) is 6.54 Å². The summed E-state index contributed by atoms with van der Waals surface area (Å²) in [5.41, 5.74) is 0. The lowest BCUT2D eigenvalue weighted by atomic mass is 9.88. The van der Waals surface area contributed by atoms with Gasteiger partial charge in [0.2, 0.25) is 5.91 Å². The van der Waals surface area contributed by atoms with E-state index in [0.717, 1.165) is 6.42 Å². The van der Waals surface area contributed by atoms with Gasteiger partial charge in [0.1, 0.15) is 0 Å². The third-order valence-electron chi connectivity index (χ3n) is 3.84. The molecule has 0 saturated carbocycles. The first-order valence-electron chi connectivity index (χ1n) is 6.78. The first kappa shape index (κ1) is 15.5. The van der Waals surface area contributed by atoms with Crippen molar-refractivity contribution in [2.24, 2.45) is 11.8 Å². The molecule has 106 valence electrons. The summed E-state index contributed by atoms with van der Waals surface area (Å²) in [6.45, 7) is 9.82. The molecule has 2 atom stereocenters. The number of rotatable bonds is 6. The van der Waals surface area contributed by atoms with Crippen LogP contribution in [0.4, 0.5) is 0 Å². The Hall–Kier alpha value is -1.58. The molecule has 1 aliphatic heterocycles. The molecule has 0 unspecified atom stereocenters. The van der Waals surface area contributed by atoms with E-state index in [-0.39, 0.29) is 17.9 Å². The highest BCUT2D eigenvalue weighted by molar-refractivity contribution is 5.81. The first-order chi connectivity index (χ1) is 9.02. The third-order valence-corrected chi connectivity index (χ3v) is 3.84. The maximum atomic E-state index is 12.5. The fraction of sp³-hybridized carbons (Fsp3) is 0.600. The maximum absolute atomic E-state index is 12.5. The molecule has 0 aromatic heterocycles. The molecule has 1 amide bonds. The lowest BCUT2D eigenvalue weighted by molar-refractivity contribution is -0.150.